The molecule has 15 heavy (non-hydrogen) atoms. The van der Waals surface area contributed by atoms with Crippen molar-refractivity contribution < 1.29 is 4.79 Å². The molecule has 3 nitrogen and oxygen atoms in total. The Labute approximate surface area is 89.0 Å². The molecule has 0 bridgehead atoms. The van der Waals surface area contributed by atoms with Gasteiger partial charge in [0, 0.05) is 18.8 Å². The van der Waals surface area contributed by atoms with Crippen LogP contribution in [0.1, 0.15) is 32.6 Å². The Morgan fingerprint density at radius 2 is 2.07 bits per heavy atom. The number of rotatable bonds is 0. The standard InChI is InChI=1S/C12H12N2O/c1-8-5-12(6-13,7-14)9-3-2-4-10(15)11(8)9/h9H,2-5H2,1H3/t9-/m0/s1. The second kappa shape index (κ2) is 3.21. The molecule has 76 valence electrons. The molecule has 2 rings (SSSR count). The molecule has 0 saturated heterocycles. The highest BCUT2D eigenvalue weighted by atomic mass is 16.1. The summed E-state index contributed by atoms with van der Waals surface area (Å²) in [6, 6.07) is 4.24. The lowest BCUT2D eigenvalue weighted by Gasteiger charge is -2.27. The minimum Gasteiger partial charge on any atom is -0.295 e. The van der Waals surface area contributed by atoms with E-state index in [1.54, 1.807) is 0 Å². The number of carbonyl (C=O) groups is 1. The van der Waals surface area contributed by atoms with Crippen LogP contribution in [0.4, 0.5) is 0 Å². The first-order valence-corrected chi connectivity index (χ1v) is 5.20. The van der Waals surface area contributed by atoms with Crippen molar-refractivity contribution in [1.82, 2.24) is 0 Å². The summed E-state index contributed by atoms with van der Waals surface area (Å²) in [5, 5.41) is 18.3. The Morgan fingerprint density at radius 3 is 2.67 bits per heavy atom. The van der Waals surface area contributed by atoms with Gasteiger partial charge in [-0.25, -0.2) is 0 Å². The molecule has 0 amide bonds. The SMILES string of the molecule is CC1=C2C(=O)CCC[C@@H]2C(C#N)(C#N)C1. The van der Waals surface area contributed by atoms with Crippen molar-refractivity contribution in [3.63, 3.8) is 0 Å². The van der Waals surface area contributed by atoms with Crippen molar-refractivity contribution in [2.75, 3.05) is 0 Å². The van der Waals surface area contributed by atoms with Crippen molar-refractivity contribution in [3.8, 4) is 12.1 Å². The van der Waals surface area contributed by atoms with Crippen molar-refractivity contribution in [3.05, 3.63) is 11.1 Å². The van der Waals surface area contributed by atoms with Gasteiger partial charge in [0.25, 0.3) is 0 Å². The number of fused-ring (bicyclic) bond motifs is 1. The van der Waals surface area contributed by atoms with E-state index in [-0.39, 0.29) is 11.7 Å². The number of hydrogen-bond donors (Lipinski definition) is 0. The van der Waals surface area contributed by atoms with Gasteiger partial charge in [-0.2, -0.15) is 10.5 Å². The fraction of sp³-hybridized carbons (Fsp3) is 0.583. The number of nitriles is 2. The molecule has 0 radical (unpaired) electrons. The van der Waals surface area contributed by atoms with Gasteiger partial charge in [-0.15, -0.1) is 0 Å². The highest BCUT2D eigenvalue weighted by Gasteiger charge is 2.50. The topological polar surface area (TPSA) is 64.7 Å². The first-order chi connectivity index (χ1) is 7.14. The largest absolute Gasteiger partial charge is 0.295 e. The first kappa shape index (κ1) is 9.93. The summed E-state index contributed by atoms with van der Waals surface area (Å²) in [5.41, 5.74) is 0.771. The predicted octanol–water partition coefficient (Wildman–Crippen LogP) is 2.11. The van der Waals surface area contributed by atoms with Crippen molar-refractivity contribution in [2.24, 2.45) is 11.3 Å². The zero-order valence-corrected chi connectivity index (χ0v) is 8.71. The van der Waals surface area contributed by atoms with Crippen LogP contribution in [0, 0.1) is 34.0 Å². The van der Waals surface area contributed by atoms with E-state index in [0.717, 1.165) is 24.0 Å². The van der Waals surface area contributed by atoms with Gasteiger partial charge in [0.05, 0.1) is 12.1 Å². The number of ketones is 1. The summed E-state index contributed by atoms with van der Waals surface area (Å²) in [6.45, 7) is 1.88. The van der Waals surface area contributed by atoms with Crippen LogP contribution in [0.25, 0.3) is 0 Å². The van der Waals surface area contributed by atoms with Gasteiger partial charge in [-0.3, -0.25) is 4.79 Å². The summed E-state index contributed by atoms with van der Waals surface area (Å²) in [4.78, 5) is 11.7. The van der Waals surface area contributed by atoms with E-state index in [0.29, 0.717) is 12.8 Å². The molecule has 0 aromatic heterocycles. The highest BCUT2D eigenvalue weighted by molar-refractivity contribution is 5.98. The van der Waals surface area contributed by atoms with Crippen molar-refractivity contribution >= 4 is 5.78 Å². The lowest BCUT2D eigenvalue weighted by atomic mass is 9.71. The van der Waals surface area contributed by atoms with Crippen LogP contribution in [-0.2, 0) is 4.79 Å². The molecular weight excluding hydrogens is 188 g/mol. The Morgan fingerprint density at radius 1 is 1.40 bits per heavy atom. The summed E-state index contributed by atoms with van der Waals surface area (Å²) in [5.74, 6) is 0.0184. The van der Waals surface area contributed by atoms with Crippen LogP contribution in [0.15, 0.2) is 11.1 Å². The third-order valence-electron chi connectivity index (χ3n) is 3.54. The second-order valence-corrected chi connectivity index (χ2v) is 4.43. The molecule has 1 fully saturated rings. The minimum atomic E-state index is -0.963. The van der Waals surface area contributed by atoms with Gasteiger partial charge < -0.3 is 0 Å². The first-order valence-electron chi connectivity index (χ1n) is 5.20. The average molecular weight is 200 g/mol. The fourth-order valence-electron chi connectivity index (χ4n) is 2.86. The lowest BCUT2D eigenvalue weighted by molar-refractivity contribution is -0.117. The van der Waals surface area contributed by atoms with Gasteiger partial charge >= 0.3 is 0 Å². The Kier molecular flexibility index (Phi) is 2.12. The van der Waals surface area contributed by atoms with E-state index in [9.17, 15) is 4.79 Å². The fourth-order valence-corrected chi connectivity index (χ4v) is 2.86. The quantitative estimate of drug-likeness (QED) is 0.601. The van der Waals surface area contributed by atoms with Gasteiger partial charge in [0.1, 0.15) is 0 Å². The van der Waals surface area contributed by atoms with E-state index in [1.807, 2.05) is 6.92 Å². The van der Waals surface area contributed by atoms with E-state index >= 15 is 0 Å². The minimum absolute atomic E-state index is 0.131. The monoisotopic (exact) mass is 200 g/mol. The molecule has 2 aliphatic carbocycles. The summed E-state index contributed by atoms with van der Waals surface area (Å²) in [6.07, 6.45) is 2.65. The maximum absolute atomic E-state index is 11.7. The second-order valence-electron chi connectivity index (χ2n) is 4.43. The molecule has 0 N–H and O–H groups in total. The molecule has 0 unspecified atom stereocenters. The summed E-state index contributed by atoms with van der Waals surface area (Å²) >= 11 is 0. The lowest BCUT2D eigenvalue weighted by Crippen LogP contribution is -2.29. The molecule has 2 aliphatic rings. The Balaban J connectivity index is 2.48. The van der Waals surface area contributed by atoms with Crippen molar-refractivity contribution in [2.45, 2.75) is 32.6 Å². The van der Waals surface area contributed by atoms with Crippen LogP contribution in [0.2, 0.25) is 0 Å². The van der Waals surface area contributed by atoms with Crippen LogP contribution in [0.3, 0.4) is 0 Å². The van der Waals surface area contributed by atoms with Crippen LogP contribution in [-0.4, -0.2) is 5.78 Å². The zero-order chi connectivity index (χ0) is 11.1. The predicted molar refractivity (Wildman–Crippen MR) is 53.3 cm³/mol. The Bertz CT molecular complexity index is 420. The molecule has 3 heteroatoms. The number of nitrogens with zero attached hydrogens (tertiary/aromatic N) is 2. The van der Waals surface area contributed by atoms with Gasteiger partial charge in [-0.05, 0) is 25.3 Å². The normalized spacial score (nSPS) is 28.2. The number of hydrogen-bond acceptors (Lipinski definition) is 3. The number of Topliss-reactive ketones (excluding diaryl/α,β-unsaturated/α-hetero) is 1. The van der Waals surface area contributed by atoms with Crippen LogP contribution >= 0.6 is 0 Å². The maximum Gasteiger partial charge on any atom is 0.159 e. The van der Waals surface area contributed by atoms with Gasteiger partial charge in [0.15, 0.2) is 11.2 Å². The zero-order valence-electron chi connectivity index (χ0n) is 8.71. The molecule has 1 atom stereocenters. The van der Waals surface area contributed by atoms with E-state index in [2.05, 4.69) is 12.1 Å². The van der Waals surface area contributed by atoms with Gasteiger partial charge in [0.2, 0.25) is 0 Å². The molecule has 0 spiro atoms. The molecule has 0 aromatic rings. The molecule has 0 aliphatic heterocycles. The number of carbonyl (C=O) groups excluding carboxylic acids is 1. The number of allylic oxidation sites excluding steroid dienone is 2. The van der Waals surface area contributed by atoms with Crippen molar-refractivity contribution in [1.29, 1.82) is 10.5 Å². The third kappa shape index (κ3) is 1.20. The summed E-state index contributed by atoms with van der Waals surface area (Å²) < 4.78 is 0. The average Bonchev–Trinajstić information content (AvgIpc) is 2.54. The smallest absolute Gasteiger partial charge is 0.159 e. The van der Waals surface area contributed by atoms with E-state index < -0.39 is 5.41 Å². The maximum atomic E-state index is 11.7. The molecule has 1 saturated carbocycles. The van der Waals surface area contributed by atoms with Crippen LogP contribution < -0.4 is 0 Å². The van der Waals surface area contributed by atoms with Gasteiger partial charge in [-0.1, -0.05) is 5.57 Å². The molecule has 0 heterocycles. The van der Waals surface area contributed by atoms with Crippen LogP contribution in [0.5, 0.6) is 0 Å². The molecular formula is C12H12N2O. The summed E-state index contributed by atoms with van der Waals surface area (Å²) in [7, 11) is 0. The van der Waals surface area contributed by atoms with E-state index in [4.69, 9.17) is 10.5 Å². The Hall–Kier alpha value is -1.61. The highest BCUT2D eigenvalue weighted by Crippen LogP contribution is 2.51. The van der Waals surface area contributed by atoms with E-state index in [1.165, 1.54) is 0 Å². The third-order valence-corrected chi connectivity index (χ3v) is 3.54. The molecule has 0 aromatic carbocycles.